The second-order valence-electron chi connectivity index (χ2n) is 6.18. The monoisotopic (exact) mass is 289 g/mol. The number of nitrogens with zero attached hydrogens (tertiary/aromatic N) is 2. The summed E-state index contributed by atoms with van der Waals surface area (Å²) in [5, 5.41) is 3.74. The molecular formula is C18H31N3. The molecule has 0 radical (unpaired) electrons. The van der Waals surface area contributed by atoms with Crippen molar-refractivity contribution in [2.24, 2.45) is 0 Å². The molecule has 0 saturated carbocycles. The van der Waals surface area contributed by atoms with Gasteiger partial charge in [0.15, 0.2) is 0 Å². The molecule has 1 aromatic rings. The lowest BCUT2D eigenvalue weighted by Gasteiger charge is -2.32. The number of rotatable bonds is 8. The maximum Gasteiger partial charge on any atom is 0.0363 e. The van der Waals surface area contributed by atoms with E-state index in [1.165, 1.54) is 51.0 Å². The lowest BCUT2D eigenvalue weighted by Crippen LogP contribution is -2.43. The summed E-state index contributed by atoms with van der Waals surface area (Å²) in [6, 6.07) is 11.4. The van der Waals surface area contributed by atoms with Crippen LogP contribution in [0, 0.1) is 0 Å². The third-order valence-corrected chi connectivity index (χ3v) is 4.43. The molecule has 1 aliphatic heterocycles. The molecule has 0 unspecified atom stereocenters. The van der Waals surface area contributed by atoms with E-state index in [4.69, 9.17) is 0 Å². The number of benzene rings is 1. The molecule has 1 N–H and O–H groups in total. The predicted octanol–water partition coefficient (Wildman–Crippen LogP) is 2.98. The Labute approximate surface area is 130 Å². The van der Waals surface area contributed by atoms with Crippen LogP contribution in [-0.4, -0.2) is 50.7 Å². The van der Waals surface area contributed by atoms with Crippen LogP contribution in [0.4, 0.5) is 5.69 Å². The van der Waals surface area contributed by atoms with E-state index in [2.05, 4.69) is 59.4 Å². The van der Waals surface area contributed by atoms with E-state index in [-0.39, 0.29) is 0 Å². The molecule has 2 rings (SSSR count). The maximum absolute atomic E-state index is 3.74. The lowest BCUT2D eigenvalue weighted by molar-refractivity contribution is 0.198. The van der Waals surface area contributed by atoms with Gasteiger partial charge in [-0.05, 0) is 64.0 Å². The van der Waals surface area contributed by atoms with E-state index in [0.29, 0.717) is 0 Å². The first-order valence-electron chi connectivity index (χ1n) is 8.51. The summed E-state index contributed by atoms with van der Waals surface area (Å²) in [6.07, 6.45) is 5.12. The fourth-order valence-corrected chi connectivity index (χ4v) is 3.11. The predicted molar refractivity (Wildman–Crippen MR) is 92.1 cm³/mol. The minimum Gasteiger partial charge on any atom is -0.375 e. The molecule has 0 atom stereocenters. The Kier molecular flexibility index (Phi) is 7.04. The SMILES string of the molecule is CCCN1CCC(NCCCN(C)c2ccccc2)CC1. The maximum atomic E-state index is 3.74. The van der Waals surface area contributed by atoms with Crippen molar-refractivity contribution in [2.45, 2.75) is 38.6 Å². The topological polar surface area (TPSA) is 18.5 Å². The summed E-state index contributed by atoms with van der Waals surface area (Å²) in [5.74, 6) is 0. The second-order valence-corrected chi connectivity index (χ2v) is 6.18. The largest absolute Gasteiger partial charge is 0.375 e. The summed E-state index contributed by atoms with van der Waals surface area (Å²) < 4.78 is 0. The highest BCUT2D eigenvalue weighted by Crippen LogP contribution is 2.12. The lowest BCUT2D eigenvalue weighted by atomic mass is 10.0. The van der Waals surface area contributed by atoms with Gasteiger partial charge in [-0.15, -0.1) is 0 Å². The first-order valence-corrected chi connectivity index (χ1v) is 8.51. The average molecular weight is 289 g/mol. The standard InChI is InChI=1S/C18H31N3/c1-3-13-21-15-10-17(11-16-21)19-12-7-14-20(2)18-8-5-4-6-9-18/h4-6,8-9,17,19H,3,7,10-16H2,1-2H3. The zero-order valence-electron chi connectivity index (χ0n) is 13.7. The summed E-state index contributed by atoms with van der Waals surface area (Å²) in [5.41, 5.74) is 1.31. The van der Waals surface area contributed by atoms with Gasteiger partial charge in [0.1, 0.15) is 0 Å². The van der Waals surface area contributed by atoms with Crippen LogP contribution >= 0.6 is 0 Å². The molecule has 1 fully saturated rings. The minimum atomic E-state index is 0.736. The first-order chi connectivity index (χ1) is 10.3. The number of hydrogen-bond donors (Lipinski definition) is 1. The van der Waals surface area contributed by atoms with Gasteiger partial charge in [-0.1, -0.05) is 25.1 Å². The quantitative estimate of drug-likeness (QED) is 0.742. The third-order valence-electron chi connectivity index (χ3n) is 4.43. The smallest absolute Gasteiger partial charge is 0.0363 e. The number of anilines is 1. The van der Waals surface area contributed by atoms with Crippen LogP contribution in [0.3, 0.4) is 0 Å². The highest BCUT2D eigenvalue weighted by atomic mass is 15.1. The zero-order chi connectivity index (χ0) is 14.9. The molecule has 21 heavy (non-hydrogen) atoms. The van der Waals surface area contributed by atoms with Crippen LogP contribution in [-0.2, 0) is 0 Å². The molecule has 0 amide bonds. The Morgan fingerprint density at radius 2 is 1.90 bits per heavy atom. The van der Waals surface area contributed by atoms with Crippen molar-refractivity contribution in [2.75, 3.05) is 44.7 Å². The molecule has 118 valence electrons. The van der Waals surface area contributed by atoms with Crippen LogP contribution in [0.5, 0.6) is 0 Å². The highest BCUT2D eigenvalue weighted by Gasteiger charge is 2.17. The zero-order valence-corrected chi connectivity index (χ0v) is 13.7. The Bertz CT molecular complexity index is 371. The van der Waals surface area contributed by atoms with E-state index in [0.717, 1.165) is 19.1 Å². The second kappa shape index (κ2) is 9.06. The Hall–Kier alpha value is -1.06. The van der Waals surface area contributed by atoms with E-state index in [9.17, 15) is 0 Å². The molecule has 1 saturated heterocycles. The number of likely N-dealkylation sites (tertiary alicyclic amines) is 1. The molecule has 1 aliphatic rings. The normalized spacial score (nSPS) is 17.0. The van der Waals surface area contributed by atoms with Crippen molar-refractivity contribution in [3.63, 3.8) is 0 Å². The van der Waals surface area contributed by atoms with Gasteiger partial charge in [0, 0.05) is 25.3 Å². The molecule has 3 heteroatoms. The molecule has 0 aromatic heterocycles. The molecule has 0 spiro atoms. The van der Waals surface area contributed by atoms with Gasteiger partial charge in [-0.3, -0.25) is 0 Å². The summed E-state index contributed by atoms with van der Waals surface area (Å²) >= 11 is 0. The van der Waals surface area contributed by atoms with E-state index in [1.54, 1.807) is 0 Å². The van der Waals surface area contributed by atoms with Gasteiger partial charge in [-0.2, -0.15) is 0 Å². The van der Waals surface area contributed by atoms with E-state index >= 15 is 0 Å². The number of hydrogen-bond acceptors (Lipinski definition) is 3. The minimum absolute atomic E-state index is 0.736. The Balaban J connectivity index is 1.56. The van der Waals surface area contributed by atoms with Gasteiger partial charge in [0.25, 0.3) is 0 Å². The van der Waals surface area contributed by atoms with E-state index in [1.807, 2.05) is 0 Å². The number of piperidine rings is 1. The van der Waals surface area contributed by atoms with Gasteiger partial charge in [0.05, 0.1) is 0 Å². The van der Waals surface area contributed by atoms with Crippen molar-refractivity contribution in [3.8, 4) is 0 Å². The molecular weight excluding hydrogens is 258 g/mol. The average Bonchev–Trinajstić information content (AvgIpc) is 2.54. The number of para-hydroxylation sites is 1. The van der Waals surface area contributed by atoms with Crippen LogP contribution in [0.15, 0.2) is 30.3 Å². The molecule has 1 heterocycles. The van der Waals surface area contributed by atoms with Crippen molar-refractivity contribution >= 4 is 5.69 Å². The Morgan fingerprint density at radius 1 is 1.19 bits per heavy atom. The molecule has 0 aliphatic carbocycles. The summed E-state index contributed by atoms with van der Waals surface area (Å²) in [6.45, 7) is 8.34. The van der Waals surface area contributed by atoms with Crippen LogP contribution in [0.2, 0.25) is 0 Å². The van der Waals surface area contributed by atoms with Crippen LogP contribution in [0.25, 0.3) is 0 Å². The summed E-state index contributed by atoms with van der Waals surface area (Å²) in [7, 11) is 2.18. The van der Waals surface area contributed by atoms with Crippen molar-refractivity contribution in [1.29, 1.82) is 0 Å². The summed E-state index contributed by atoms with van der Waals surface area (Å²) in [4.78, 5) is 4.94. The highest BCUT2D eigenvalue weighted by molar-refractivity contribution is 5.44. The molecule has 3 nitrogen and oxygen atoms in total. The fraction of sp³-hybridized carbons (Fsp3) is 0.667. The van der Waals surface area contributed by atoms with Gasteiger partial charge < -0.3 is 15.1 Å². The fourth-order valence-electron chi connectivity index (χ4n) is 3.11. The first kappa shape index (κ1) is 16.3. The van der Waals surface area contributed by atoms with Gasteiger partial charge >= 0.3 is 0 Å². The van der Waals surface area contributed by atoms with E-state index < -0.39 is 0 Å². The van der Waals surface area contributed by atoms with Gasteiger partial charge in [0.2, 0.25) is 0 Å². The Morgan fingerprint density at radius 3 is 2.57 bits per heavy atom. The van der Waals surface area contributed by atoms with Crippen molar-refractivity contribution in [3.05, 3.63) is 30.3 Å². The van der Waals surface area contributed by atoms with Crippen molar-refractivity contribution < 1.29 is 0 Å². The molecule has 0 bridgehead atoms. The third kappa shape index (κ3) is 5.68. The number of nitrogens with one attached hydrogen (secondary N) is 1. The van der Waals surface area contributed by atoms with Crippen LogP contribution in [0.1, 0.15) is 32.6 Å². The molecule has 1 aromatic carbocycles. The van der Waals surface area contributed by atoms with Crippen LogP contribution < -0.4 is 10.2 Å². The van der Waals surface area contributed by atoms with Crippen molar-refractivity contribution in [1.82, 2.24) is 10.2 Å². The van der Waals surface area contributed by atoms with Gasteiger partial charge in [-0.25, -0.2) is 0 Å².